The van der Waals surface area contributed by atoms with Crippen molar-refractivity contribution in [1.29, 1.82) is 0 Å². The maximum atomic E-state index is 12.6. The van der Waals surface area contributed by atoms with E-state index in [4.69, 9.17) is 10.7 Å². The monoisotopic (exact) mass is 370 g/mol. The van der Waals surface area contributed by atoms with Crippen molar-refractivity contribution in [3.8, 4) is 0 Å². The molecule has 0 atom stereocenters. The van der Waals surface area contributed by atoms with E-state index in [1.165, 1.54) is 25.7 Å². The number of nitrogens with zero attached hydrogens (tertiary/aromatic N) is 4. The minimum absolute atomic E-state index is 0.0335. The number of carbonyl (C=O) groups is 1. The van der Waals surface area contributed by atoms with Crippen molar-refractivity contribution in [2.24, 2.45) is 18.7 Å². The Morgan fingerprint density at radius 1 is 1.11 bits per heavy atom. The molecule has 1 amide bonds. The van der Waals surface area contributed by atoms with Crippen LogP contribution in [-0.2, 0) is 11.8 Å². The maximum absolute atomic E-state index is 12.6. The van der Waals surface area contributed by atoms with Crippen molar-refractivity contribution < 1.29 is 4.79 Å². The lowest BCUT2D eigenvalue weighted by Crippen LogP contribution is -2.32. The predicted molar refractivity (Wildman–Crippen MR) is 108 cm³/mol. The van der Waals surface area contributed by atoms with E-state index in [1.807, 2.05) is 13.1 Å². The minimum atomic E-state index is 0.0335. The van der Waals surface area contributed by atoms with Gasteiger partial charge in [0.2, 0.25) is 5.91 Å². The number of fused-ring (bicyclic) bond motifs is 1. The van der Waals surface area contributed by atoms with Crippen LogP contribution in [0.3, 0.4) is 0 Å². The molecule has 7 heteroatoms. The number of pyridine rings is 1. The van der Waals surface area contributed by atoms with Crippen LogP contribution in [0.2, 0.25) is 0 Å². The maximum Gasteiger partial charge on any atom is 0.228 e. The SMILES string of the molecule is Cn1nc(NC(=O)[C@H]2CC[C@@H](N)CC2)c2ccc(N3CCCCCC3)nc21. The summed E-state index contributed by atoms with van der Waals surface area (Å²) in [7, 11) is 1.89. The van der Waals surface area contributed by atoms with E-state index in [2.05, 4.69) is 21.4 Å². The van der Waals surface area contributed by atoms with Crippen molar-refractivity contribution >= 4 is 28.6 Å². The van der Waals surface area contributed by atoms with Crippen LogP contribution >= 0.6 is 0 Å². The highest BCUT2D eigenvalue weighted by molar-refractivity contribution is 6.00. The van der Waals surface area contributed by atoms with Crippen LogP contribution in [-0.4, -0.2) is 39.8 Å². The Labute approximate surface area is 160 Å². The van der Waals surface area contributed by atoms with E-state index in [0.29, 0.717) is 5.82 Å². The van der Waals surface area contributed by atoms with E-state index in [0.717, 1.165) is 55.6 Å². The van der Waals surface area contributed by atoms with Gasteiger partial charge in [0.1, 0.15) is 5.82 Å². The summed E-state index contributed by atoms with van der Waals surface area (Å²) in [4.78, 5) is 19.9. The van der Waals surface area contributed by atoms with Gasteiger partial charge in [0.05, 0.1) is 5.39 Å². The number of aromatic nitrogens is 3. The van der Waals surface area contributed by atoms with Crippen molar-refractivity contribution in [2.75, 3.05) is 23.3 Å². The zero-order valence-corrected chi connectivity index (χ0v) is 16.2. The average Bonchev–Trinajstić information content (AvgIpc) is 2.86. The largest absolute Gasteiger partial charge is 0.357 e. The molecule has 1 saturated heterocycles. The molecular weight excluding hydrogens is 340 g/mol. The highest BCUT2D eigenvalue weighted by atomic mass is 16.2. The van der Waals surface area contributed by atoms with Crippen LogP contribution < -0.4 is 16.0 Å². The molecule has 4 rings (SSSR count). The number of rotatable bonds is 3. The minimum Gasteiger partial charge on any atom is -0.357 e. The van der Waals surface area contributed by atoms with Gasteiger partial charge in [-0.15, -0.1) is 0 Å². The zero-order chi connectivity index (χ0) is 18.8. The standard InChI is InChI=1S/C20H30N6O/c1-25-19-16(10-11-17(22-19)26-12-4-2-3-5-13-26)18(24-25)23-20(27)14-6-8-15(21)9-7-14/h10-11,14-15H,2-9,12-13,21H2,1H3,(H,23,24,27)/t14-,15+. The lowest BCUT2D eigenvalue weighted by Gasteiger charge is -2.24. The average molecular weight is 371 g/mol. The Bertz CT molecular complexity index is 800. The number of hydrogen-bond donors (Lipinski definition) is 2. The second-order valence-corrected chi connectivity index (χ2v) is 8.02. The summed E-state index contributed by atoms with van der Waals surface area (Å²) in [5.41, 5.74) is 6.77. The van der Waals surface area contributed by atoms with E-state index in [-0.39, 0.29) is 17.9 Å². The summed E-state index contributed by atoms with van der Waals surface area (Å²) in [6, 6.07) is 4.35. The van der Waals surface area contributed by atoms with Crippen LogP contribution in [0, 0.1) is 5.92 Å². The molecule has 0 spiro atoms. The van der Waals surface area contributed by atoms with E-state index in [1.54, 1.807) is 4.68 Å². The quantitative estimate of drug-likeness (QED) is 0.867. The van der Waals surface area contributed by atoms with Crippen molar-refractivity contribution in [1.82, 2.24) is 14.8 Å². The molecule has 2 aliphatic rings. The summed E-state index contributed by atoms with van der Waals surface area (Å²) in [6.07, 6.45) is 8.59. The topological polar surface area (TPSA) is 89.1 Å². The molecular formula is C20H30N6O. The summed E-state index contributed by atoms with van der Waals surface area (Å²) in [5, 5.41) is 8.46. The van der Waals surface area contributed by atoms with Gasteiger partial charge in [0.15, 0.2) is 11.5 Å². The number of anilines is 2. The van der Waals surface area contributed by atoms with Gasteiger partial charge in [0, 0.05) is 32.1 Å². The van der Waals surface area contributed by atoms with Crippen molar-refractivity contribution in [3.63, 3.8) is 0 Å². The molecule has 3 heterocycles. The number of nitrogens with two attached hydrogens (primary N) is 1. The molecule has 1 saturated carbocycles. The molecule has 146 valence electrons. The Morgan fingerprint density at radius 3 is 2.52 bits per heavy atom. The van der Waals surface area contributed by atoms with Crippen molar-refractivity contribution in [2.45, 2.75) is 57.4 Å². The molecule has 1 aliphatic heterocycles. The lowest BCUT2D eigenvalue weighted by atomic mass is 9.86. The fourth-order valence-corrected chi connectivity index (χ4v) is 4.29. The Kier molecular flexibility index (Phi) is 5.29. The number of nitrogens with one attached hydrogen (secondary N) is 1. The number of carbonyl (C=O) groups excluding carboxylic acids is 1. The van der Waals surface area contributed by atoms with E-state index < -0.39 is 0 Å². The van der Waals surface area contributed by atoms with Gasteiger partial charge >= 0.3 is 0 Å². The van der Waals surface area contributed by atoms with Crippen LogP contribution in [0.5, 0.6) is 0 Å². The fraction of sp³-hybridized carbons (Fsp3) is 0.650. The van der Waals surface area contributed by atoms with Gasteiger partial charge in [0.25, 0.3) is 0 Å². The van der Waals surface area contributed by atoms with Gasteiger partial charge in [-0.2, -0.15) is 5.10 Å². The Balaban J connectivity index is 1.53. The normalized spacial score (nSPS) is 24.0. The lowest BCUT2D eigenvalue weighted by molar-refractivity contribution is -0.120. The van der Waals surface area contributed by atoms with E-state index >= 15 is 0 Å². The Morgan fingerprint density at radius 2 is 1.81 bits per heavy atom. The van der Waals surface area contributed by atoms with Crippen LogP contribution in [0.15, 0.2) is 12.1 Å². The van der Waals surface area contributed by atoms with Gasteiger partial charge in [-0.1, -0.05) is 12.8 Å². The molecule has 0 bridgehead atoms. The third kappa shape index (κ3) is 3.93. The van der Waals surface area contributed by atoms with Crippen LogP contribution in [0.25, 0.3) is 11.0 Å². The van der Waals surface area contributed by atoms with Gasteiger partial charge < -0.3 is 16.0 Å². The van der Waals surface area contributed by atoms with E-state index in [9.17, 15) is 4.79 Å². The molecule has 7 nitrogen and oxygen atoms in total. The van der Waals surface area contributed by atoms with Gasteiger partial charge in [-0.25, -0.2) is 9.67 Å². The zero-order valence-electron chi connectivity index (χ0n) is 16.2. The first-order valence-electron chi connectivity index (χ1n) is 10.3. The molecule has 2 aromatic rings. The molecule has 1 aliphatic carbocycles. The van der Waals surface area contributed by atoms with Crippen LogP contribution in [0.1, 0.15) is 51.4 Å². The summed E-state index contributed by atoms with van der Waals surface area (Å²) < 4.78 is 1.77. The molecule has 27 heavy (non-hydrogen) atoms. The summed E-state index contributed by atoms with van der Waals surface area (Å²) in [6.45, 7) is 2.12. The molecule has 3 N–H and O–H groups in total. The van der Waals surface area contributed by atoms with Gasteiger partial charge in [-0.3, -0.25) is 4.79 Å². The number of aryl methyl sites for hydroxylation is 1. The fourth-order valence-electron chi connectivity index (χ4n) is 4.29. The molecule has 0 aromatic carbocycles. The first-order chi connectivity index (χ1) is 13.1. The second-order valence-electron chi connectivity index (χ2n) is 8.02. The first-order valence-corrected chi connectivity index (χ1v) is 10.3. The number of hydrogen-bond acceptors (Lipinski definition) is 5. The molecule has 2 fully saturated rings. The number of amides is 1. The molecule has 2 aromatic heterocycles. The first kappa shape index (κ1) is 18.2. The smallest absolute Gasteiger partial charge is 0.228 e. The summed E-state index contributed by atoms with van der Waals surface area (Å²) >= 11 is 0. The highest BCUT2D eigenvalue weighted by Crippen LogP contribution is 2.28. The molecule has 0 radical (unpaired) electrons. The summed E-state index contributed by atoms with van der Waals surface area (Å²) in [5.74, 6) is 1.71. The van der Waals surface area contributed by atoms with Crippen LogP contribution in [0.4, 0.5) is 11.6 Å². The third-order valence-electron chi connectivity index (χ3n) is 5.99. The predicted octanol–water partition coefficient (Wildman–Crippen LogP) is 2.80. The second kappa shape index (κ2) is 7.84. The Hall–Kier alpha value is -2.15. The van der Waals surface area contributed by atoms with Crippen molar-refractivity contribution in [3.05, 3.63) is 12.1 Å². The van der Waals surface area contributed by atoms with Gasteiger partial charge in [-0.05, 0) is 50.7 Å². The highest BCUT2D eigenvalue weighted by Gasteiger charge is 2.26. The third-order valence-corrected chi connectivity index (χ3v) is 5.99. The molecule has 0 unspecified atom stereocenters.